The number of pyridine rings is 1. The maximum absolute atomic E-state index is 9.88. The summed E-state index contributed by atoms with van der Waals surface area (Å²) in [4.78, 5) is 4.62. The van der Waals surface area contributed by atoms with Crippen LogP contribution in [0.5, 0.6) is 5.75 Å². The number of rotatable bonds is 4. The van der Waals surface area contributed by atoms with Crippen molar-refractivity contribution in [3.8, 4) is 17.0 Å². The summed E-state index contributed by atoms with van der Waals surface area (Å²) in [7, 11) is 0. The average Bonchev–Trinajstić information content (AvgIpc) is 3.39. The lowest BCUT2D eigenvalue weighted by molar-refractivity contribution is 0.339. The maximum atomic E-state index is 9.88. The SMILES string of the molecule is Cc1ccc(-c2ccc([C@H]3CC3NC3CCC(N)CC3)cn2)cc1O. The summed E-state index contributed by atoms with van der Waals surface area (Å²) < 4.78 is 0. The van der Waals surface area contributed by atoms with Crippen molar-refractivity contribution in [1.29, 1.82) is 0 Å². The van der Waals surface area contributed by atoms with E-state index in [1.54, 1.807) is 6.07 Å². The lowest BCUT2D eigenvalue weighted by Crippen LogP contribution is -2.38. The van der Waals surface area contributed by atoms with Gasteiger partial charge < -0.3 is 16.2 Å². The van der Waals surface area contributed by atoms with Gasteiger partial charge in [0.1, 0.15) is 5.75 Å². The molecule has 1 aromatic carbocycles. The van der Waals surface area contributed by atoms with E-state index in [0.717, 1.165) is 29.7 Å². The van der Waals surface area contributed by atoms with E-state index in [-0.39, 0.29) is 0 Å². The van der Waals surface area contributed by atoms with Crippen molar-refractivity contribution in [3.63, 3.8) is 0 Å². The number of nitrogens with zero attached hydrogens (tertiary/aromatic N) is 1. The summed E-state index contributed by atoms with van der Waals surface area (Å²) in [6.07, 6.45) is 7.91. The minimum absolute atomic E-state index is 0.321. The Morgan fingerprint density at radius 1 is 1.12 bits per heavy atom. The second kappa shape index (κ2) is 6.77. The number of hydrogen-bond donors (Lipinski definition) is 3. The van der Waals surface area contributed by atoms with Crippen LogP contribution >= 0.6 is 0 Å². The zero-order valence-corrected chi connectivity index (χ0v) is 14.8. The monoisotopic (exact) mass is 337 g/mol. The molecule has 132 valence electrons. The lowest BCUT2D eigenvalue weighted by Gasteiger charge is -2.27. The summed E-state index contributed by atoms with van der Waals surface area (Å²) in [5, 5.41) is 13.7. The Labute approximate surface area is 149 Å². The molecule has 1 heterocycles. The smallest absolute Gasteiger partial charge is 0.119 e. The molecule has 4 heteroatoms. The number of aromatic hydroxyl groups is 1. The Kier molecular flexibility index (Phi) is 4.48. The van der Waals surface area contributed by atoms with Crippen LogP contribution in [0.4, 0.5) is 0 Å². The topological polar surface area (TPSA) is 71.2 Å². The van der Waals surface area contributed by atoms with Gasteiger partial charge in [0, 0.05) is 35.8 Å². The van der Waals surface area contributed by atoms with Crippen molar-refractivity contribution < 1.29 is 5.11 Å². The van der Waals surface area contributed by atoms with Crippen LogP contribution < -0.4 is 11.1 Å². The Balaban J connectivity index is 1.37. The second-order valence-corrected chi connectivity index (χ2v) is 7.71. The summed E-state index contributed by atoms with van der Waals surface area (Å²) in [6.45, 7) is 1.90. The van der Waals surface area contributed by atoms with Crippen LogP contribution in [0, 0.1) is 6.92 Å². The van der Waals surface area contributed by atoms with Gasteiger partial charge in [0.05, 0.1) is 5.69 Å². The highest BCUT2D eigenvalue weighted by Crippen LogP contribution is 2.42. The molecule has 2 saturated carbocycles. The highest BCUT2D eigenvalue weighted by molar-refractivity contribution is 5.62. The molecule has 2 aromatic rings. The molecule has 1 unspecified atom stereocenters. The molecule has 0 saturated heterocycles. The molecule has 2 aliphatic carbocycles. The molecule has 4 N–H and O–H groups in total. The first-order chi connectivity index (χ1) is 12.1. The van der Waals surface area contributed by atoms with Gasteiger partial charge in [-0.1, -0.05) is 18.2 Å². The molecule has 4 rings (SSSR count). The van der Waals surface area contributed by atoms with Crippen LogP contribution in [0.2, 0.25) is 0 Å². The van der Waals surface area contributed by atoms with Crippen LogP contribution in [-0.4, -0.2) is 28.2 Å². The molecule has 0 radical (unpaired) electrons. The van der Waals surface area contributed by atoms with E-state index in [4.69, 9.17) is 5.73 Å². The van der Waals surface area contributed by atoms with Crippen LogP contribution in [0.3, 0.4) is 0 Å². The van der Waals surface area contributed by atoms with E-state index in [0.29, 0.717) is 29.8 Å². The highest BCUT2D eigenvalue weighted by Gasteiger charge is 2.40. The molecular formula is C21H27N3O. The van der Waals surface area contributed by atoms with E-state index in [2.05, 4.69) is 22.4 Å². The number of phenolic OH excluding ortho intramolecular Hbond substituents is 1. The predicted molar refractivity (Wildman–Crippen MR) is 101 cm³/mol. The number of nitrogens with one attached hydrogen (secondary N) is 1. The van der Waals surface area contributed by atoms with E-state index < -0.39 is 0 Å². The summed E-state index contributed by atoms with van der Waals surface area (Å²) in [5.41, 5.74) is 10.1. The molecule has 25 heavy (non-hydrogen) atoms. The number of nitrogens with two attached hydrogens (primary N) is 1. The zero-order valence-electron chi connectivity index (χ0n) is 14.8. The van der Waals surface area contributed by atoms with Crippen LogP contribution in [0.15, 0.2) is 36.5 Å². The van der Waals surface area contributed by atoms with Crippen molar-refractivity contribution in [1.82, 2.24) is 10.3 Å². The third-order valence-corrected chi connectivity index (χ3v) is 5.73. The van der Waals surface area contributed by atoms with Crippen LogP contribution in [-0.2, 0) is 0 Å². The van der Waals surface area contributed by atoms with Gasteiger partial charge in [-0.2, -0.15) is 0 Å². The quantitative estimate of drug-likeness (QED) is 0.799. The van der Waals surface area contributed by atoms with Gasteiger partial charge in [-0.15, -0.1) is 0 Å². The molecule has 0 bridgehead atoms. The first-order valence-electron chi connectivity index (χ1n) is 9.37. The van der Waals surface area contributed by atoms with Crippen molar-refractivity contribution in [3.05, 3.63) is 47.7 Å². The van der Waals surface area contributed by atoms with Gasteiger partial charge in [-0.3, -0.25) is 4.98 Å². The summed E-state index contributed by atoms with van der Waals surface area (Å²) >= 11 is 0. The van der Waals surface area contributed by atoms with E-state index in [1.165, 1.54) is 24.8 Å². The molecule has 2 fully saturated rings. The van der Waals surface area contributed by atoms with Crippen molar-refractivity contribution in [2.45, 2.75) is 63.1 Å². The first kappa shape index (κ1) is 16.6. The highest BCUT2D eigenvalue weighted by atomic mass is 16.3. The Morgan fingerprint density at radius 3 is 2.60 bits per heavy atom. The molecular weight excluding hydrogens is 310 g/mol. The van der Waals surface area contributed by atoms with Gasteiger partial charge >= 0.3 is 0 Å². The van der Waals surface area contributed by atoms with Gasteiger partial charge in [0.2, 0.25) is 0 Å². The zero-order chi connectivity index (χ0) is 17.4. The lowest BCUT2D eigenvalue weighted by atomic mass is 9.92. The van der Waals surface area contributed by atoms with Gasteiger partial charge in [0.15, 0.2) is 0 Å². The van der Waals surface area contributed by atoms with Crippen molar-refractivity contribution in [2.24, 2.45) is 5.73 Å². The van der Waals surface area contributed by atoms with Gasteiger partial charge in [-0.25, -0.2) is 0 Å². The fourth-order valence-electron chi connectivity index (χ4n) is 3.90. The molecule has 1 aromatic heterocycles. The normalized spacial score (nSPS) is 28.7. The van der Waals surface area contributed by atoms with Crippen molar-refractivity contribution >= 4 is 0 Å². The third-order valence-electron chi connectivity index (χ3n) is 5.73. The molecule has 2 aliphatic rings. The number of aromatic nitrogens is 1. The fourth-order valence-corrected chi connectivity index (χ4v) is 3.90. The fraction of sp³-hybridized carbons (Fsp3) is 0.476. The molecule has 0 spiro atoms. The van der Waals surface area contributed by atoms with Gasteiger partial charge in [-0.05, 0) is 62.3 Å². The standard InChI is InChI=1S/C21H27N3O/c1-13-2-3-14(10-21(13)25)19-9-4-15(12-23-19)18-11-20(18)24-17-7-5-16(22)6-8-17/h2-4,9-10,12,16-18,20,24-25H,5-8,11,22H2,1H3/t16?,17?,18-,20?/m1/s1. The van der Waals surface area contributed by atoms with Crippen molar-refractivity contribution in [2.75, 3.05) is 0 Å². The number of benzene rings is 1. The minimum Gasteiger partial charge on any atom is -0.508 e. The largest absolute Gasteiger partial charge is 0.508 e. The third kappa shape index (κ3) is 3.70. The first-order valence-corrected chi connectivity index (χ1v) is 9.37. The van der Waals surface area contributed by atoms with Crippen LogP contribution in [0.25, 0.3) is 11.3 Å². The van der Waals surface area contributed by atoms with E-state index in [9.17, 15) is 5.11 Å². The number of hydrogen-bond acceptors (Lipinski definition) is 4. The van der Waals surface area contributed by atoms with E-state index in [1.807, 2.05) is 25.3 Å². The van der Waals surface area contributed by atoms with Crippen LogP contribution in [0.1, 0.15) is 49.1 Å². The molecule has 0 amide bonds. The second-order valence-electron chi connectivity index (χ2n) is 7.71. The average molecular weight is 337 g/mol. The molecule has 2 atom stereocenters. The Morgan fingerprint density at radius 2 is 1.92 bits per heavy atom. The molecule has 0 aliphatic heterocycles. The Hall–Kier alpha value is -1.91. The minimum atomic E-state index is 0.321. The van der Waals surface area contributed by atoms with E-state index >= 15 is 0 Å². The number of aryl methyl sites for hydroxylation is 1. The summed E-state index contributed by atoms with van der Waals surface area (Å²) in [6, 6.07) is 11.6. The van der Waals surface area contributed by atoms with Gasteiger partial charge in [0.25, 0.3) is 0 Å². The number of phenols is 1. The maximum Gasteiger partial charge on any atom is 0.119 e. The molecule has 4 nitrogen and oxygen atoms in total. The summed E-state index contributed by atoms with van der Waals surface area (Å²) in [5.74, 6) is 0.908. The predicted octanol–water partition coefficient (Wildman–Crippen LogP) is 3.48. The Bertz CT molecular complexity index is 735.